The van der Waals surface area contributed by atoms with Gasteiger partial charge in [-0.3, -0.25) is 4.40 Å². The summed E-state index contributed by atoms with van der Waals surface area (Å²) in [6.45, 7) is 2.12. The molecule has 0 N–H and O–H groups in total. The number of nitrogens with zero attached hydrogens (tertiary/aromatic N) is 2. The van der Waals surface area contributed by atoms with E-state index in [1.165, 1.54) is 0 Å². The van der Waals surface area contributed by atoms with Gasteiger partial charge in [-0.05, 0) is 35.0 Å². The van der Waals surface area contributed by atoms with E-state index in [1.54, 1.807) is 17.5 Å². The molecule has 0 aliphatic carbocycles. The molecule has 6 heteroatoms. The average molecular weight is 350 g/mol. The lowest BCUT2D eigenvalue weighted by Gasteiger charge is -1.95. The topological polar surface area (TPSA) is 43.6 Å². The lowest BCUT2D eigenvalue weighted by molar-refractivity contribution is 0.0520. The third-order valence-corrected chi connectivity index (χ3v) is 2.57. The molecule has 2 aromatic heterocycles. The molecular formula is C10H10Br2N2O2. The zero-order chi connectivity index (χ0) is 10.8. The molecule has 0 bridgehead atoms. The Hall–Kier alpha value is -0.880. The summed E-state index contributed by atoms with van der Waals surface area (Å²) in [5.41, 5.74) is 1.04. The molecule has 0 saturated carbocycles. The standard InChI is InChI=1S/C10H9BrN2O2.BrH/c1-2-15-10(14)7-6-13-8(11)4-3-5-9(13)12-7;/h3-6H,2H2,1H3;1H. The molecule has 0 unspecified atom stereocenters. The number of imidazole rings is 1. The second kappa shape index (κ2) is 5.45. The Kier molecular flexibility index (Phi) is 4.49. The summed E-state index contributed by atoms with van der Waals surface area (Å²) in [7, 11) is 0. The zero-order valence-electron chi connectivity index (χ0n) is 8.51. The minimum atomic E-state index is -0.395. The van der Waals surface area contributed by atoms with Crippen molar-refractivity contribution in [2.75, 3.05) is 6.61 Å². The number of halogens is 2. The van der Waals surface area contributed by atoms with Crippen LogP contribution in [0.5, 0.6) is 0 Å². The van der Waals surface area contributed by atoms with Gasteiger partial charge in [0.25, 0.3) is 0 Å². The molecule has 0 amide bonds. The number of carbonyl (C=O) groups excluding carboxylic acids is 1. The third-order valence-electron chi connectivity index (χ3n) is 1.93. The fraction of sp³-hybridized carbons (Fsp3) is 0.200. The molecule has 0 aliphatic rings. The number of pyridine rings is 1. The van der Waals surface area contributed by atoms with E-state index >= 15 is 0 Å². The van der Waals surface area contributed by atoms with Gasteiger partial charge in [-0.25, -0.2) is 9.78 Å². The fourth-order valence-corrected chi connectivity index (χ4v) is 1.72. The molecular weight excluding hydrogens is 340 g/mol. The molecule has 0 aliphatic heterocycles. The van der Waals surface area contributed by atoms with Crippen LogP contribution in [0.1, 0.15) is 17.4 Å². The van der Waals surface area contributed by atoms with Crippen LogP contribution >= 0.6 is 32.9 Å². The maximum absolute atomic E-state index is 11.4. The summed E-state index contributed by atoms with van der Waals surface area (Å²) in [4.78, 5) is 15.6. The molecule has 0 spiro atoms. The van der Waals surface area contributed by atoms with Gasteiger partial charge >= 0.3 is 5.97 Å². The third kappa shape index (κ3) is 2.44. The highest BCUT2D eigenvalue weighted by molar-refractivity contribution is 9.10. The number of rotatable bonds is 2. The normalized spacial score (nSPS) is 9.88. The first-order chi connectivity index (χ1) is 7.22. The van der Waals surface area contributed by atoms with Gasteiger partial charge in [-0.2, -0.15) is 0 Å². The highest BCUT2D eigenvalue weighted by Gasteiger charge is 2.11. The molecule has 2 aromatic rings. The van der Waals surface area contributed by atoms with Crippen LogP contribution < -0.4 is 0 Å². The minimum Gasteiger partial charge on any atom is -0.461 e. The predicted molar refractivity (Wildman–Crippen MR) is 69.2 cm³/mol. The fourth-order valence-electron chi connectivity index (χ4n) is 1.28. The second-order valence-corrected chi connectivity index (χ2v) is 3.74. The first kappa shape index (κ1) is 13.2. The maximum atomic E-state index is 11.4. The average Bonchev–Trinajstić information content (AvgIpc) is 2.63. The van der Waals surface area contributed by atoms with Crippen molar-refractivity contribution in [2.24, 2.45) is 0 Å². The highest BCUT2D eigenvalue weighted by atomic mass is 79.9. The van der Waals surface area contributed by atoms with E-state index in [0.29, 0.717) is 17.9 Å². The van der Waals surface area contributed by atoms with Crippen LogP contribution in [-0.4, -0.2) is 22.0 Å². The number of fused-ring (bicyclic) bond motifs is 1. The monoisotopic (exact) mass is 348 g/mol. The van der Waals surface area contributed by atoms with Crippen LogP contribution in [0, 0.1) is 0 Å². The maximum Gasteiger partial charge on any atom is 0.358 e. The molecule has 2 heterocycles. The highest BCUT2D eigenvalue weighted by Crippen LogP contribution is 2.14. The summed E-state index contributed by atoms with van der Waals surface area (Å²) in [5, 5.41) is 0. The smallest absolute Gasteiger partial charge is 0.358 e. The Labute approximate surface area is 112 Å². The van der Waals surface area contributed by atoms with E-state index in [4.69, 9.17) is 4.74 Å². The molecule has 0 radical (unpaired) electrons. The summed E-state index contributed by atoms with van der Waals surface area (Å²) in [6.07, 6.45) is 1.65. The number of ether oxygens (including phenoxy) is 1. The van der Waals surface area contributed by atoms with E-state index in [2.05, 4.69) is 20.9 Å². The van der Waals surface area contributed by atoms with Gasteiger partial charge in [0, 0.05) is 6.20 Å². The van der Waals surface area contributed by atoms with Gasteiger partial charge in [0.2, 0.25) is 0 Å². The molecule has 0 atom stereocenters. The van der Waals surface area contributed by atoms with Crippen LogP contribution in [0.15, 0.2) is 29.0 Å². The van der Waals surface area contributed by atoms with Crippen molar-refractivity contribution in [1.82, 2.24) is 9.38 Å². The van der Waals surface area contributed by atoms with Crippen molar-refractivity contribution in [3.05, 3.63) is 34.7 Å². The molecule has 0 saturated heterocycles. The molecule has 16 heavy (non-hydrogen) atoms. The van der Waals surface area contributed by atoms with E-state index in [-0.39, 0.29) is 17.0 Å². The number of aromatic nitrogens is 2. The molecule has 0 aromatic carbocycles. The Bertz CT molecular complexity index is 510. The predicted octanol–water partition coefficient (Wildman–Crippen LogP) is 2.85. The lowest BCUT2D eigenvalue weighted by atomic mass is 10.5. The van der Waals surface area contributed by atoms with Crippen molar-refractivity contribution < 1.29 is 9.53 Å². The van der Waals surface area contributed by atoms with Crippen molar-refractivity contribution in [1.29, 1.82) is 0 Å². The number of hydrogen-bond acceptors (Lipinski definition) is 3. The summed E-state index contributed by atoms with van der Waals surface area (Å²) in [6, 6.07) is 5.57. The van der Waals surface area contributed by atoms with E-state index < -0.39 is 5.97 Å². The molecule has 4 nitrogen and oxygen atoms in total. The van der Waals surface area contributed by atoms with Crippen LogP contribution in [-0.2, 0) is 4.74 Å². The number of hydrogen-bond donors (Lipinski definition) is 0. The Morgan fingerprint density at radius 2 is 2.31 bits per heavy atom. The Balaban J connectivity index is 0.00000128. The zero-order valence-corrected chi connectivity index (χ0v) is 11.8. The first-order valence-corrected chi connectivity index (χ1v) is 5.32. The summed E-state index contributed by atoms with van der Waals surface area (Å²) >= 11 is 3.37. The van der Waals surface area contributed by atoms with E-state index in [9.17, 15) is 4.79 Å². The summed E-state index contributed by atoms with van der Waals surface area (Å²) < 4.78 is 7.50. The Morgan fingerprint density at radius 1 is 1.56 bits per heavy atom. The van der Waals surface area contributed by atoms with Crippen molar-refractivity contribution in [3.63, 3.8) is 0 Å². The van der Waals surface area contributed by atoms with Gasteiger partial charge in [0.05, 0.1) is 11.2 Å². The largest absolute Gasteiger partial charge is 0.461 e. The lowest BCUT2D eigenvalue weighted by Crippen LogP contribution is -2.04. The second-order valence-electron chi connectivity index (χ2n) is 2.92. The van der Waals surface area contributed by atoms with Crippen LogP contribution in [0.4, 0.5) is 0 Å². The van der Waals surface area contributed by atoms with Crippen molar-refractivity contribution in [2.45, 2.75) is 6.92 Å². The minimum absolute atomic E-state index is 0. The van der Waals surface area contributed by atoms with Gasteiger partial charge < -0.3 is 4.74 Å². The van der Waals surface area contributed by atoms with E-state index in [1.807, 2.05) is 18.2 Å². The van der Waals surface area contributed by atoms with Crippen molar-refractivity contribution >= 4 is 44.5 Å². The molecule has 2 rings (SSSR count). The molecule has 0 fully saturated rings. The number of esters is 1. The van der Waals surface area contributed by atoms with Crippen molar-refractivity contribution in [3.8, 4) is 0 Å². The summed E-state index contributed by atoms with van der Waals surface area (Å²) in [5.74, 6) is -0.395. The Morgan fingerprint density at radius 3 is 2.94 bits per heavy atom. The van der Waals surface area contributed by atoms with Gasteiger partial charge in [0.1, 0.15) is 5.65 Å². The van der Waals surface area contributed by atoms with Gasteiger partial charge in [-0.15, -0.1) is 17.0 Å². The SMILES string of the molecule is Br.CCOC(=O)c1cn2c(Br)cccc2n1. The van der Waals surface area contributed by atoms with Crippen LogP contribution in [0.3, 0.4) is 0 Å². The van der Waals surface area contributed by atoms with Gasteiger partial charge in [0.15, 0.2) is 5.69 Å². The van der Waals surface area contributed by atoms with E-state index in [0.717, 1.165) is 4.60 Å². The van der Waals surface area contributed by atoms with Crippen LogP contribution in [0.2, 0.25) is 0 Å². The van der Waals surface area contributed by atoms with Gasteiger partial charge in [-0.1, -0.05) is 6.07 Å². The van der Waals surface area contributed by atoms with Crippen LogP contribution in [0.25, 0.3) is 5.65 Å². The first-order valence-electron chi connectivity index (χ1n) is 4.53. The molecule has 86 valence electrons. The number of carbonyl (C=O) groups is 1. The quantitative estimate of drug-likeness (QED) is 0.618.